The molecule has 8 heteroatoms. The highest BCUT2D eigenvalue weighted by Gasteiger charge is 2.34. The van der Waals surface area contributed by atoms with E-state index >= 15 is 0 Å². The number of thiazole rings is 1. The fourth-order valence-corrected chi connectivity index (χ4v) is 7.86. The number of Topliss-reactive ketones (excluding diaryl/α,β-unsaturated/α-hetero) is 1. The third kappa shape index (κ3) is 7.31. The van der Waals surface area contributed by atoms with Gasteiger partial charge in [-0.25, -0.2) is 0 Å². The third-order valence-corrected chi connectivity index (χ3v) is 10.0. The Kier molecular flexibility index (Phi) is 12.5. The lowest BCUT2D eigenvalue weighted by atomic mass is 9.89. The van der Waals surface area contributed by atoms with Gasteiger partial charge in [-0.05, 0) is 43.2 Å². The van der Waals surface area contributed by atoms with Crippen LogP contribution in [0.15, 0.2) is 81.8 Å². The fraction of sp³-hybridized carbons (Fsp3) is 0.412. The van der Waals surface area contributed by atoms with E-state index in [1.54, 1.807) is 23.1 Å². The standard InChI is InChI=1S/C34H42N4OS2.HI/c1-3-5-7-13-21-37-27-15-9-11-17-29(27)40-31(37)24-25-23-26(33(25)39)32(36-20-19-35)34-38(22-14-8-6-4-2)28-16-10-12-18-30(28)41-34;/h9-12,15-18,23-24H,3-8,13-14,19-22,35H2,1-2H3;1H. The highest BCUT2D eigenvalue weighted by atomic mass is 127. The maximum atomic E-state index is 13.8. The second kappa shape index (κ2) is 16.1. The molecule has 1 aromatic heterocycles. The molecule has 2 aromatic carbocycles. The van der Waals surface area contributed by atoms with E-state index < -0.39 is 0 Å². The molecule has 1 aliphatic carbocycles. The molecular formula is C34H43IN4OS2. The van der Waals surface area contributed by atoms with E-state index in [1.807, 2.05) is 0 Å². The summed E-state index contributed by atoms with van der Waals surface area (Å²) in [5.74, 6) is 0.106. The summed E-state index contributed by atoms with van der Waals surface area (Å²) >= 11 is 3.53. The molecule has 5 rings (SSSR count). The van der Waals surface area contributed by atoms with Crippen LogP contribution in [0.5, 0.6) is 0 Å². The normalized spacial score (nSPS) is 16.4. The molecule has 0 bridgehead atoms. The zero-order valence-corrected chi connectivity index (χ0v) is 28.6. The number of para-hydroxylation sites is 2. The van der Waals surface area contributed by atoms with E-state index in [0.29, 0.717) is 13.1 Å². The molecular weight excluding hydrogens is 671 g/mol. The Morgan fingerprint density at radius 2 is 1.71 bits per heavy atom. The van der Waals surface area contributed by atoms with Crippen molar-refractivity contribution >= 4 is 50.5 Å². The molecule has 0 unspecified atom stereocenters. The number of hydrogen-bond acceptors (Lipinski definition) is 6. The minimum atomic E-state index is 0. The summed E-state index contributed by atoms with van der Waals surface area (Å²) in [5.41, 5.74) is 10.9. The first-order valence-corrected chi connectivity index (χ1v) is 16.9. The van der Waals surface area contributed by atoms with Crippen molar-refractivity contribution in [2.45, 2.75) is 76.7 Å². The molecule has 2 aliphatic rings. The summed E-state index contributed by atoms with van der Waals surface area (Å²) in [7, 11) is 0. The number of aromatic nitrogens is 1. The van der Waals surface area contributed by atoms with E-state index in [9.17, 15) is 4.79 Å². The molecule has 0 amide bonds. The number of unbranched alkanes of at least 4 members (excludes halogenated alkanes) is 6. The summed E-state index contributed by atoms with van der Waals surface area (Å²) in [6.07, 6.45) is 13.8. The van der Waals surface area contributed by atoms with E-state index in [0.717, 1.165) is 52.8 Å². The van der Waals surface area contributed by atoms with Gasteiger partial charge in [0.1, 0.15) is 10.4 Å². The molecule has 0 radical (unpaired) electrons. The number of aryl methyl sites for hydroxylation is 1. The van der Waals surface area contributed by atoms with Crippen molar-refractivity contribution in [1.29, 1.82) is 0 Å². The Morgan fingerprint density at radius 1 is 0.976 bits per heavy atom. The SMILES string of the molecule is CCCCCCN1C(=CC2=CC(=C(NCCN)c3sc4ccccc4[n+]3CCCCCC)C2=O)Sc2ccccc21.[I-]. The maximum Gasteiger partial charge on any atom is 0.287 e. The van der Waals surface area contributed by atoms with Crippen LogP contribution >= 0.6 is 23.1 Å². The number of allylic oxidation sites excluding steroid dienone is 4. The van der Waals surface area contributed by atoms with Gasteiger partial charge in [0.15, 0.2) is 12.3 Å². The van der Waals surface area contributed by atoms with Crippen molar-refractivity contribution in [3.8, 4) is 0 Å². The monoisotopic (exact) mass is 714 g/mol. The van der Waals surface area contributed by atoms with E-state index in [4.69, 9.17) is 5.73 Å². The number of nitrogens with one attached hydrogen (secondary N) is 1. The van der Waals surface area contributed by atoms with Gasteiger partial charge in [-0.2, -0.15) is 4.57 Å². The van der Waals surface area contributed by atoms with Crippen molar-refractivity contribution in [2.75, 3.05) is 24.5 Å². The highest BCUT2D eigenvalue weighted by molar-refractivity contribution is 8.03. The van der Waals surface area contributed by atoms with Crippen LogP contribution in [0.1, 0.15) is 70.2 Å². The predicted molar refractivity (Wildman–Crippen MR) is 175 cm³/mol. The number of rotatable bonds is 15. The third-order valence-electron chi connectivity index (χ3n) is 7.73. The zero-order valence-electron chi connectivity index (χ0n) is 24.8. The Labute approximate surface area is 276 Å². The van der Waals surface area contributed by atoms with Crippen LogP contribution in [0.25, 0.3) is 15.9 Å². The van der Waals surface area contributed by atoms with Crippen molar-refractivity contribution in [3.05, 3.63) is 81.9 Å². The number of fused-ring (bicyclic) bond motifs is 2. The Morgan fingerprint density at radius 3 is 2.48 bits per heavy atom. The van der Waals surface area contributed by atoms with Crippen LogP contribution in [0.3, 0.4) is 0 Å². The van der Waals surface area contributed by atoms with Gasteiger partial charge in [-0.1, -0.05) is 93.3 Å². The molecule has 0 atom stereocenters. The lowest BCUT2D eigenvalue weighted by Gasteiger charge is -2.23. The van der Waals surface area contributed by atoms with Gasteiger partial charge >= 0.3 is 0 Å². The number of thioether (sulfide) groups is 1. The molecule has 42 heavy (non-hydrogen) atoms. The smallest absolute Gasteiger partial charge is 0.287 e. The van der Waals surface area contributed by atoms with Gasteiger partial charge in [0.2, 0.25) is 5.52 Å². The van der Waals surface area contributed by atoms with Gasteiger partial charge in [0.25, 0.3) is 5.01 Å². The number of carbonyl (C=O) groups excluding carboxylic acids is 1. The predicted octanol–water partition coefficient (Wildman–Crippen LogP) is 4.58. The molecule has 5 nitrogen and oxygen atoms in total. The van der Waals surface area contributed by atoms with Crippen LogP contribution in [0.2, 0.25) is 0 Å². The number of benzene rings is 2. The fourth-order valence-electron chi connectivity index (χ4n) is 5.50. The summed E-state index contributed by atoms with van der Waals surface area (Å²) in [5, 5.41) is 5.80. The first-order chi connectivity index (χ1) is 20.2. The van der Waals surface area contributed by atoms with E-state index in [1.165, 1.54) is 59.3 Å². The van der Waals surface area contributed by atoms with E-state index in [-0.39, 0.29) is 29.8 Å². The minimum Gasteiger partial charge on any atom is -1.00 e. The average molecular weight is 715 g/mol. The van der Waals surface area contributed by atoms with Crippen molar-refractivity contribution < 1.29 is 33.3 Å². The summed E-state index contributed by atoms with van der Waals surface area (Å²) in [6.45, 7) is 7.54. The Balaban J connectivity index is 0.00000405. The topological polar surface area (TPSA) is 62.2 Å². The Bertz CT molecular complexity index is 1480. The Hall–Kier alpha value is -2.14. The van der Waals surface area contributed by atoms with Crippen LogP contribution in [-0.2, 0) is 11.3 Å². The van der Waals surface area contributed by atoms with Crippen LogP contribution in [0, 0.1) is 0 Å². The maximum absolute atomic E-state index is 13.8. The lowest BCUT2D eigenvalue weighted by molar-refractivity contribution is -0.670. The second-order valence-corrected chi connectivity index (χ2v) is 12.9. The number of halogens is 1. The van der Waals surface area contributed by atoms with Crippen LogP contribution in [-0.4, -0.2) is 25.4 Å². The number of hydrogen-bond donors (Lipinski definition) is 2. The van der Waals surface area contributed by atoms with Crippen LogP contribution < -0.4 is 44.5 Å². The van der Waals surface area contributed by atoms with Gasteiger partial charge < -0.3 is 39.9 Å². The zero-order chi connectivity index (χ0) is 28.6. The lowest BCUT2D eigenvalue weighted by Crippen LogP contribution is -3.00. The van der Waals surface area contributed by atoms with Gasteiger partial charge in [-0.3, -0.25) is 4.79 Å². The molecule has 0 saturated heterocycles. The molecule has 3 N–H and O–H groups in total. The number of anilines is 1. The number of carbonyl (C=O) groups is 1. The first kappa shape index (κ1) is 32.8. The van der Waals surface area contributed by atoms with Crippen LogP contribution in [0.4, 0.5) is 5.69 Å². The first-order valence-electron chi connectivity index (χ1n) is 15.3. The molecule has 1 aliphatic heterocycles. The molecule has 0 fully saturated rings. The molecule has 224 valence electrons. The van der Waals surface area contributed by atoms with Gasteiger partial charge in [0.05, 0.1) is 16.3 Å². The minimum absolute atomic E-state index is 0. The quantitative estimate of drug-likeness (QED) is 0.105. The number of nitrogens with two attached hydrogens (primary N) is 1. The van der Waals surface area contributed by atoms with Crippen molar-refractivity contribution in [2.24, 2.45) is 5.73 Å². The van der Waals surface area contributed by atoms with Crippen molar-refractivity contribution in [1.82, 2.24) is 5.32 Å². The molecule has 3 aromatic rings. The number of ketones is 1. The summed E-state index contributed by atoms with van der Waals surface area (Å²) in [6, 6.07) is 17.1. The summed E-state index contributed by atoms with van der Waals surface area (Å²) in [4.78, 5) is 17.4. The van der Waals surface area contributed by atoms with Crippen molar-refractivity contribution in [3.63, 3.8) is 0 Å². The summed E-state index contributed by atoms with van der Waals surface area (Å²) < 4.78 is 3.64. The average Bonchev–Trinajstić information content (AvgIpc) is 3.54. The molecule has 0 spiro atoms. The largest absolute Gasteiger partial charge is 1.00 e. The second-order valence-electron chi connectivity index (χ2n) is 10.8. The number of nitrogens with zero attached hydrogens (tertiary/aromatic N) is 2. The highest BCUT2D eigenvalue weighted by Crippen LogP contribution is 2.47. The van der Waals surface area contributed by atoms with Gasteiger partial charge in [-0.15, -0.1) is 0 Å². The van der Waals surface area contributed by atoms with Gasteiger partial charge in [0, 0.05) is 42.6 Å². The molecule has 0 saturated carbocycles. The van der Waals surface area contributed by atoms with E-state index in [2.05, 4.69) is 89.3 Å². The molecule has 2 heterocycles.